The van der Waals surface area contributed by atoms with E-state index in [1.54, 1.807) is 0 Å². The number of amides is 3. The normalized spacial score (nSPS) is 11.1. The molecule has 0 radical (unpaired) electrons. The molecule has 3 amide bonds. The molecule has 0 aliphatic carbocycles. The molecule has 0 bridgehead atoms. The van der Waals surface area contributed by atoms with E-state index in [1.165, 1.54) is 22.2 Å². The smallest absolute Gasteiger partial charge is 0.221 e. The van der Waals surface area contributed by atoms with Gasteiger partial charge in [-0.15, -0.1) is 0 Å². The lowest BCUT2D eigenvalue weighted by molar-refractivity contribution is -0.122. The molecule has 0 saturated heterocycles. The van der Waals surface area contributed by atoms with Gasteiger partial charge in [-0.1, -0.05) is 13.2 Å². The SMILES string of the molecule is C=CN(C=O)CCC(=O)NCCNC(O)CCN(C=C)C=O. The highest BCUT2D eigenvalue weighted by Crippen LogP contribution is 1.92. The van der Waals surface area contributed by atoms with Gasteiger partial charge < -0.3 is 20.2 Å². The molecule has 1 atom stereocenters. The highest BCUT2D eigenvalue weighted by molar-refractivity contribution is 5.76. The molecule has 0 aromatic heterocycles. The zero-order chi connectivity index (χ0) is 16.8. The molecule has 0 heterocycles. The third kappa shape index (κ3) is 9.67. The second kappa shape index (κ2) is 12.5. The van der Waals surface area contributed by atoms with Crippen LogP contribution in [0, 0.1) is 0 Å². The molecule has 8 nitrogen and oxygen atoms in total. The fourth-order valence-corrected chi connectivity index (χ4v) is 1.51. The van der Waals surface area contributed by atoms with Gasteiger partial charge in [-0.2, -0.15) is 0 Å². The molecule has 22 heavy (non-hydrogen) atoms. The van der Waals surface area contributed by atoms with Crippen LogP contribution in [0.5, 0.6) is 0 Å². The third-order valence-electron chi connectivity index (χ3n) is 2.82. The number of carbonyl (C=O) groups excluding carboxylic acids is 3. The summed E-state index contributed by atoms with van der Waals surface area (Å²) in [6, 6.07) is 0. The van der Waals surface area contributed by atoms with Crippen LogP contribution in [-0.2, 0) is 14.4 Å². The van der Waals surface area contributed by atoms with E-state index in [9.17, 15) is 19.5 Å². The van der Waals surface area contributed by atoms with Crippen LogP contribution in [0.2, 0.25) is 0 Å². The van der Waals surface area contributed by atoms with Gasteiger partial charge in [0.2, 0.25) is 18.7 Å². The molecule has 0 rings (SSSR count). The van der Waals surface area contributed by atoms with Gasteiger partial charge >= 0.3 is 0 Å². The van der Waals surface area contributed by atoms with Crippen LogP contribution < -0.4 is 10.6 Å². The van der Waals surface area contributed by atoms with E-state index < -0.39 is 6.23 Å². The van der Waals surface area contributed by atoms with E-state index in [0.717, 1.165) is 0 Å². The summed E-state index contributed by atoms with van der Waals surface area (Å²) < 4.78 is 0. The molecule has 3 N–H and O–H groups in total. The van der Waals surface area contributed by atoms with Gasteiger partial charge in [0, 0.05) is 39.0 Å². The first-order valence-electron chi connectivity index (χ1n) is 6.92. The Hall–Kier alpha value is -2.19. The van der Waals surface area contributed by atoms with E-state index in [2.05, 4.69) is 23.8 Å². The van der Waals surface area contributed by atoms with Gasteiger partial charge in [-0.05, 0) is 12.4 Å². The van der Waals surface area contributed by atoms with Crippen LogP contribution in [0.15, 0.2) is 25.6 Å². The number of hydrogen-bond acceptors (Lipinski definition) is 5. The van der Waals surface area contributed by atoms with Crippen LogP contribution in [0.1, 0.15) is 12.8 Å². The van der Waals surface area contributed by atoms with Crippen molar-refractivity contribution in [3.05, 3.63) is 25.6 Å². The topological polar surface area (TPSA) is 102 Å². The monoisotopic (exact) mass is 312 g/mol. The van der Waals surface area contributed by atoms with Gasteiger partial charge in [0.1, 0.15) is 6.23 Å². The van der Waals surface area contributed by atoms with Crippen molar-refractivity contribution in [1.29, 1.82) is 0 Å². The van der Waals surface area contributed by atoms with Crippen molar-refractivity contribution in [2.45, 2.75) is 19.1 Å². The summed E-state index contributed by atoms with van der Waals surface area (Å²) in [5, 5.41) is 15.1. The lowest BCUT2D eigenvalue weighted by Gasteiger charge is -2.16. The maximum absolute atomic E-state index is 11.5. The van der Waals surface area contributed by atoms with Crippen LogP contribution in [-0.4, -0.2) is 66.0 Å². The molecule has 124 valence electrons. The van der Waals surface area contributed by atoms with E-state index in [4.69, 9.17) is 0 Å². The molecule has 0 aliphatic rings. The molecular formula is C14H24N4O4. The van der Waals surface area contributed by atoms with Crippen molar-refractivity contribution in [2.75, 3.05) is 26.2 Å². The molecule has 0 fully saturated rings. The Morgan fingerprint density at radius 2 is 1.68 bits per heavy atom. The number of nitrogens with one attached hydrogen (secondary N) is 2. The van der Waals surface area contributed by atoms with Crippen molar-refractivity contribution >= 4 is 18.7 Å². The van der Waals surface area contributed by atoms with Gasteiger partial charge in [-0.25, -0.2) is 0 Å². The molecule has 0 spiro atoms. The minimum Gasteiger partial charge on any atom is -0.379 e. The molecule has 0 saturated carbocycles. The standard InChI is InChI=1S/C14H24N4O4/c1-3-17(11-19)9-5-13(21)15-7-8-16-14(22)6-10-18(4-2)12-20/h3-4,11-13,15,21H,1-2,5-10H2,(H,16,22). The van der Waals surface area contributed by atoms with Crippen molar-refractivity contribution in [3.8, 4) is 0 Å². The summed E-state index contributed by atoms with van der Waals surface area (Å²) in [5.41, 5.74) is 0. The van der Waals surface area contributed by atoms with Gasteiger partial charge in [0.25, 0.3) is 0 Å². The van der Waals surface area contributed by atoms with Gasteiger partial charge in [0.15, 0.2) is 0 Å². The van der Waals surface area contributed by atoms with Gasteiger partial charge in [-0.3, -0.25) is 19.7 Å². The maximum atomic E-state index is 11.5. The molecule has 8 heteroatoms. The molecule has 0 aliphatic heterocycles. The zero-order valence-electron chi connectivity index (χ0n) is 12.6. The number of nitrogens with zero attached hydrogens (tertiary/aromatic N) is 2. The highest BCUT2D eigenvalue weighted by Gasteiger charge is 2.06. The van der Waals surface area contributed by atoms with Gasteiger partial charge in [0.05, 0.1) is 0 Å². The molecule has 0 aromatic carbocycles. The highest BCUT2D eigenvalue weighted by atomic mass is 16.3. The Kier molecular flexibility index (Phi) is 11.3. The number of rotatable bonds is 14. The molecule has 0 aromatic rings. The number of carbonyl (C=O) groups is 3. The summed E-state index contributed by atoms with van der Waals surface area (Å²) in [6.07, 6.45) is 3.73. The van der Waals surface area contributed by atoms with Crippen LogP contribution in [0.25, 0.3) is 0 Å². The van der Waals surface area contributed by atoms with Crippen molar-refractivity contribution in [1.82, 2.24) is 20.4 Å². The van der Waals surface area contributed by atoms with E-state index in [-0.39, 0.29) is 18.9 Å². The Morgan fingerprint density at radius 3 is 2.23 bits per heavy atom. The van der Waals surface area contributed by atoms with Crippen LogP contribution in [0.3, 0.4) is 0 Å². The summed E-state index contributed by atoms with van der Waals surface area (Å²) in [7, 11) is 0. The fourth-order valence-electron chi connectivity index (χ4n) is 1.51. The number of aliphatic hydroxyl groups is 1. The number of aliphatic hydroxyl groups excluding tert-OH is 1. The average Bonchev–Trinajstić information content (AvgIpc) is 2.53. The van der Waals surface area contributed by atoms with Crippen molar-refractivity contribution in [3.63, 3.8) is 0 Å². The van der Waals surface area contributed by atoms with Crippen LogP contribution in [0.4, 0.5) is 0 Å². The lowest BCUT2D eigenvalue weighted by Crippen LogP contribution is -2.38. The largest absolute Gasteiger partial charge is 0.379 e. The third-order valence-corrected chi connectivity index (χ3v) is 2.82. The average molecular weight is 312 g/mol. The number of hydrogen-bond donors (Lipinski definition) is 3. The summed E-state index contributed by atoms with van der Waals surface area (Å²) in [6.45, 7) is 8.28. The second-order valence-corrected chi connectivity index (χ2v) is 4.41. The Morgan fingerprint density at radius 1 is 1.09 bits per heavy atom. The van der Waals surface area contributed by atoms with E-state index in [1.807, 2.05) is 0 Å². The minimum atomic E-state index is -0.773. The van der Waals surface area contributed by atoms with Crippen molar-refractivity contribution in [2.24, 2.45) is 0 Å². The summed E-state index contributed by atoms with van der Waals surface area (Å²) >= 11 is 0. The molecule has 1 unspecified atom stereocenters. The lowest BCUT2D eigenvalue weighted by atomic mass is 10.3. The maximum Gasteiger partial charge on any atom is 0.221 e. The first-order valence-corrected chi connectivity index (χ1v) is 6.92. The Labute approximate surface area is 130 Å². The fraction of sp³-hybridized carbons (Fsp3) is 0.500. The first kappa shape index (κ1) is 19.8. The summed E-state index contributed by atoms with van der Waals surface area (Å²) in [4.78, 5) is 35.1. The van der Waals surface area contributed by atoms with E-state index >= 15 is 0 Å². The van der Waals surface area contributed by atoms with Crippen LogP contribution >= 0.6 is 0 Å². The Balaban J connectivity index is 3.68. The van der Waals surface area contributed by atoms with Crippen molar-refractivity contribution < 1.29 is 19.5 Å². The predicted octanol–water partition coefficient (Wildman–Crippen LogP) is -1.01. The quantitative estimate of drug-likeness (QED) is 0.217. The second-order valence-electron chi connectivity index (χ2n) is 4.41. The molecular weight excluding hydrogens is 288 g/mol. The minimum absolute atomic E-state index is 0.181. The predicted molar refractivity (Wildman–Crippen MR) is 82.2 cm³/mol. The summed E-state index contributed by atoms with van der Waals surface area (Å²) in [5.74, 6) is -0.191. The zero-order valence-corrected chi connectivity index (χ0v) is 12.6. The van der Waals surface area contributed by atoms with E-state index in [0.29, 0.717) is 38.9 Å². The Bertz CT molecular complexity index is 360. The first-order chi connectivity index (χ1) is 10.6.